The largest absolute Gasteiger partial charge is 0.494 e. The van der Waals surface area contributed by atoms with Gasteiger partial charge in [0.1, 0.15) is 23.7 Å². The molecule has 1 aliphatic heterocycles. The third kappa shape index (κ3) is 4.92. The maximum Gasteiger partial charge on any atom is 0.248 e. The number of benzene rings is 2. The topological polar surface area (TPSA) is 88.2 Å². The Morgan fingerprint density at radius 3 is 2.94 bits per heavy atom. The van der Waals surface area contributed by atoms with E-state index in [-0.39, 0.29) is 17.0 Å². The molecule has 0 bridgehead atoms. The van der Waals surface area contributed by atoms with Crippen molar-refractivity contribution in [2.45, 2.75) is 18.9 Å². The number of rotatable bonds is 6. The number of nitrogens with zero attached hydrogens (tertiary/aromatic N) is 2. The van der Waals surface area contributed by atoms with Crippen molar-refractivity contribution in [3.05, 3.63) is 59.7 Å². The van der Waals surface area contributed by atoms with Gasteiger partial charge in [0, 0.05) is 29.3 Å². The number of amides is 1. The molecule has 1 atom stereocenters. The molecule has 0 aliphatic carbocycles. The van der Waals surface area contributed by atoms with E-state index in [0.717, 1.165) is 19.4 Å². The van der Waals surface area contributed by atoms with Crippen LogP contribution in [0.1, 0.15) is 12.8 Å². The van der Waals surface area contributed by atoms with E-state index >= 15 is 0 Å². The van der Waals surface area contributed by atoms with E-state index in [4.69, 9.17) is 16.3 Å². The lowest BCUT2D eigenvalue weighted by Gasteiger charge is -2.13. The molecule has 160 valence electrons. The highest BCUT2D eigenvalue weighted by Gasteiger charge is 2.14. The minimum atomic E-state index is -0.504. The van der Waals surface area contributed by atoms with Crippen molar-refractivity contribution in [3.8, 4) is 5.75 Å². The Hall–Kier alpha value is -3.23. The molecule has 1 saturated heterocycles. The van der Waals surface area contributed by atoms with Crippen molar-refractivity contribution in [2.75, 3.05) is 24.3 Å². The number of hydrogen-bond donors (Lipinski definition) is 3. The maximum atomic E-state index is 13.5. The lowest BCUT2D eigenvalue weighted by molar-refractivity contribution is -0.111. The lowest BCUT2D eigenvalue weighted by Crippen LogP contribution is -2.19. The van der Waals surface area contributed by atoms with E-state index in [9.17, 15) is 9.18 Å². The van der Waals surface area contributed by atoms with Crippen molar-refractivity contribution < 1.29 is 13.9 Å². The Morgan fingerprint density at radius 1 is 1.32 bits per heavy atom. The van der Waals surface area contributed by atoms with Gasteiger partial charge in [-0.1, -0.05) is 17.7 Å². The molecule has 9 heteroatoms. The number of aromatic nitrogens is 2. The van der Waals surface area contributed by atoms with E-state index in [2.05, 4.69) is 25.9 Å². The summed E-state index contributed by atoms with van der Waals surface area (Å²) in [5.74, 6) is 0.192. The van der Waals surface area contributed by atoms with Crippen molar-refractivity contribution in [2.24, 2.45) is 0 Å². The second-order valence-corrected chi connectivity index (χ2v) is 7.50. The number of anilines is 3. The number of halogens is 2. The summed E-state index contributed by atoms with van der Waals surface area (Å²) in [4.78, 5) is 21.0. The van der Waals surface area contributed by atoms with Crippen molar-refractivity contribution in [3.63, 3.8) is 0 Å². The molecule has 0 spiro atoms. The molecule has 3 N–H and O–H groups in total. The summed E-state index contributed by atoms with van der Waals surface area (Å²) in [6.45, 7) is 0.962. The average Bonchev–Trinajstić information content (AvgIpc) is 3.28. The van der Waals surface area contributed by atoms with Crippen molar-refractivity contribution >= 4 is 45.6 Å². The Kier molecular flexibility index (Phi) is 6.29. The zero-order valence-electron chi connectivity index (χ0n) is 16.8. The molecule has 3 aromatic rings. The van der Waals surface area contributed by atoms with Gasteiger partial charge in [0.05, 0.1) is 23.3 Å². The lowest BCUT2D eigenvalue weighted by atomic mass is 10.1. The quantitative estimate of drug-likeness (QED) is 0.491. The number of methoxy groups -OCH3 is 1. The fraction of sp³-hybridized carbons (Fsp3) is 0.227. The van der Waals surface area contributed by atoms with Crippen LogP contribution >= 0.6 is 11.6 Å². The van der Waals surface area contributed by atoms with Crippen LogP contribution in [0.4, 0.5) is 21.6 Å². The van der Waals surface area contributed by atoms with Crippen LogP contribution in [0.2, 0.25) is 5.02 Å². The first-order valence-electron chi connectivity index (χ1n) is 9.81. The Bertz CT molecular complexity index is 1150. The summed E-state index contributed by atoms with van der Waals surface area (Å²) >= 11 is 5.87. The first kappa shape index (κ1) is 21.0. The van der Waals surface area contributed by atoms with E-state index in [1.165, 1.54) is 31.6 Å². The predicted octanol–water partition coefficient (Wildman–Crippen LogP) is 4.42. The summed E-state index contributed by atoms with van der Waals surface area (Å²) in [5, 5.41) is 9.94. The van der Waals surface area contributed by atoms with E-state index < -0.39 is 5.82 Å². The minimum absolute atomic E-state index is 0.00141. The van der Waals surface area contributed by atoms with Gasteiger partial charge in [0.25, 0.3) is 0 Å². The molecule has 1 amide bonds. The van der Waals surface area contributed by atoms with Gasteiger partial charge in [0.2, 0.25) is 5.91 Å². The summed E-state index contributed by atoms with van der Waals surface area (Å²) < 4.78 is 18.9. The van der Waals surface area contributed by atoms with Gasteiger partial charge in [-0.25, -0.2) is 14.4 Å². The number of hydrogen-bond acceptors (Lipinski definition) is 6. The standard InChI is InChI=1S/C22H21ClFN5O2/c1-31-20-11-18-15(10-19(20)29-21(30)7-5-13-3-2-8-25-13)22(27-12-26-18)28-14-4-6-17(24)16(23)9-14/h4-7,9-13,25H,2-3,8H2,1H3,(H,29,30)(H,26,27,28)/b7-5+/t13-/m1/s1. The molecule has 1 fully saturated rings. The first-order chi connectivity index (χ1) is 15.0. The van der Waals surface area contributed by atoms with Crippen LogP contribution in [0.15, 0.2) is 48.8 Å². The van der Waals surface area contributed by atoms with Gasteiger partial charge in [-0.15, -0.1) is 0 Å². The molecule has 1 aromatic heterocycles. The van der Waals surface area contributed by atoms with Gasteiger partial charge >= 0.3 is 0 Å². The highest BCUT2D eigenvalue weighted by molar-refractivity contribution is 6.31. The van der Waals surface area contributed by atoms with Crippen LogP contribution in [0.5, 0.6) is 5.75 Å². The SMILES string of the molecule is COc1cc2ncnc(Nc3ccc(F)c(Cl)c3)c2cc1NC(=O)/C=C/[C@H]1CCCN1. The Labute approximate surface area is 183 Å². The van der Waals surface area contributed by atoms with Crippen LogP contribution in [0.3, 0.4) is 0 Å². The van der Waals surface area contributed by atoms with Crippen LogP contribution in [0.25, 0.3) is 10.9 Å². The molecule has 0 unspecified atom stereocenters. The molecule has 1 aliphatic rings. The van der Waals surface area contributed by atoms with Gasteiger partial charge in [-0.05, 0) is 43.7 Å². The van der Waals surface area contributed by atoms with Crippen molar-refractivity contribution in [1.82, 2.24) is 15.3 Å². The Morgan fingerprint density at radius 2 is 2.19 bits per heavy atom. The highest BCUT2D eigenvalue weighted by Crippen LogP contribution is 2.33. The van der Waals surface area contributed by atoms with E-state index in [1.54, 1.807) is 18.2 Å². The molecule has 2 heterocycles. The van der Waals surface area contributed by atoms with Gasteiger partial charge < -0.3 is 20.7 Å². The number of ether oxygens (including phenoxy) is 1. The van der Waals surface area contributed by atoms with E-state index in [0.29, 0.717) is 33.8 Å². The number of fused-ring (bicyclic) bond motifs is 1. The molecule has 0 radical (unpaired) electrons. The smallest absolute Gasteiger partial charge is 0.248 e. The van der Waals surface area contributed by atoms with Crippen LogP contribution in [-0.4, -0.2) is 35.6 Å². The monoisotopic (exact) mass is 441 g/mol. The second kappa shape index (κ2) is 9.28. The van der Waals surface area contributed by atoms with Crippen LogP contribution in [-0.2, 0) is 4.79 Å². The second-order valence-electron chi connectivity index (χ2n) is 7.10. The summed E-state index contributed by atoms with van der Waals surface area (Å²) in [6.07, 6.45) is 6.91. The molecular formula is C22H21ClFN5O2. The summed E-state index contributed by atoms with van der Waals surface area (Å²) in [7, 11) is 1.52. The van der Waals surface area contributed by atoms with Crippen LogP contribution < -0.4 is 20.7 Å². The third-order valence-electron chi connectivity index (χ3n) is 4.98. The molecule has 2 aromatic carbocycles. The fourth-order valence-electron chi connectivity index (χ4n) is 3.41. The zero-order chi connectivity index (χ0) is 21.8. The highest BCUT2D eigenvalue weighted by atomic mass is 35.5. The van der Waals surface area contributed by atoms with Crippen molar-refractivity contribution in [1.29, 1.82) is 0 Å². The average molecular weight is 442 g/mol. The summed E-state index contributed by atoms with van der Waals surface area (Å²) in [5.41, 5.74) is 1.67. The first-order valence-corrected chi connectivity index (χ1v) is 10.2. The molecule has 4 rings (SSSR count). The van der Waals surface area contributed by atoms with Gasteiger partial charge in [-0.2, -0.15) is 0 Å². The van der Waals surface area contributed by atoms with Crippen LogP contribution in [0, 0.1) is 5.82 Å². The Balaban J connectivity index is 1.63. The minimum Gasteiger partial charge on any atom is -0.494 e. The number of carbonyl (C=O) groups is 1. The molecular weight excluding hydrogens is 421 g/mol. The summed E-state index contributed by atoms with van der Waals surface area (Å²) in [6, 6.07) is 7.98. The normalized spacial score (nSPS) is 16.0. The molecule has 7 nitrogen and oxygen atoms in total. The number of carbonyl (C=O) groups excluding carboxylic acids is 1. The maximum absolute atomic E-state index is 13.5. The van der Waals surface area contributed by atoms with Gasteiger partial charge in [0.15, 0.2) is 0 Å². The third-order valence-corrected chi connectivity index (χ3v) is 5.26. The zero-order valence-corrected chi connectivity index (χ0v) is 17.5. The number of nitrogens with one attached hydrogen (secondary N) is 3. The van der Waals surface area contributed by atoms with E-state index in [1.807, 2.05) is 6.08 Å². The van der Waals surface area contributed by atoms with Gasteiger partial charge in [-0.3, -0.25) is 4.79 Å². The molecule has 0 saturated carbocycles. The predicted molar refractivity (Wildman–Crippen MR) is 120 cm³/mol. The fourth-order valence-corrected chi connectivity index (χ4v) is 3.59. The molecule has 31 heavy (non-hydrogen) atoms.